The van der Waals surface area contributed by atoms with Crippen LogP contribution in [0.25, 0.3) is 0 Å². The van der Waals surface area contributed by atoms with E-state index in [1.165, 1.54) is 6.42 Å². The molecular weight excluding hydrogens is 248 g/mol. The number of carbonyl (C=O) groups excluding carboxylic acids is 1. The summed E-state index contributed by atoms with van der Waals surface area (Å²) in [6.07, 6.45) is 3.72. The summed E-state index contributed by atoms with van der Waals surface area (Å²) >= 11 is 0. The van der Waals surface area contributed by atoms with Crippen molar-refractivity contribution < 1.29 is 4.79 Å². The average molecular weight is 276 g/mol. The molecule has 0 aliphatic heterocycles. The molecule has 1 atom stereocenters. The van der Waals surface area contributed by atoms with Crippen molar-refractivity contribution in [1.29, 1.82) is 0 Å². The van der Waals surface area contributed by atoms with Gasteiger partial charge in [-0.2, -0.15) is 0 Å². The predicted octanol–water partition coefficient (Wildman–Crippen LogP) is 3.41. The first-order valence-corrected chi connectivity index (χ1v) is 7.46. The fourth-order valence-corrected chi connectivity index (χ4v) is 2.10. The Morgan fingerprint density at radius 3 is 2.45 bits per heavy atom. The van der Waals surface area contributed by atoms with E-state index in [4.69, 9.17) is 5.73 Å². The second-order valence-corrected chi connectivity index (χ2v) is 6.59. The molecule has 1 aromatic carbocycles. The summed E-state index contributed by atoms with van der Waals surface area (Å²) in [4.78, 5) is 11.8. The van der Waals surface area contributed by atoms with Crippen LogP contribution in [0.5, 0.6) is 0 Å². The largest absolute Gasteiger partial charge is 0.356 e. The SMILES string of the molecule is CC(C)(C)CCCCNC(=O)CC(N)c1ccccc1. The van der Waals surface area contributed by atoms with Gasteiger partial charge in [0.15, 0.2) is 0 Å². The summed E-state index contributed by atoms with van der Waals surface area (Å²) in [6.45, 7) is 7.47. The Balaban J connectivity index is 2.18. The van der Waals surface area contributed by atoms with Gasteiger partial charge in [0.1, 0.15) is 0 Å². The van der Waals surface area contributed by atoms with Crippen LogP contribution in [-0.2, 0) is 4.79 Å². The van der Waals surface area contributed by atoms with Gasteiger partial charge in [0, 0.05) is 19.0 Å². The van der Waals surface area contributed by atoms with Crippen LogP contribution >= 0.6 is 0 Å². The fraction of sp³-hybridized carbons (Fsp3) is 0.588. The zero-order valence-electron chi connectivity index (χ0n) is 13.0. The Bertz CT molecular complexity index is 395. The van der Waals surface area contributed by atoms with Crippen LogP contribution in [0.4, 0.5) is 0 Å². The lowest BCUT2D eigenvalue weighted by Gasteiger charge is -2.17. The maximum absolute atomic E-state index is 11.8. The molecular formula is C17H28N2O. The van der Waals surface area contributed by atoms with E-state index in [9.17, 15) is 4.79 Å². The molecule has 3 nitrogen and oxygen atoms in total. The molecule has 0 spiro atoms. The number of amides is 1. The van der Waals surface area contributed by atoms with E-state index in [1.807, 2.05) is 30.3 Å². The minimum atomic E-state index is -0.217. The first-order valence-electron chi connectivity index (χ1n) is 7.46. The summed E-state index contributed by atoms with van der Waals surface area (Å²) < 4.78 is 0. The maximum atomic E-state index is 11.8. The number of carbonyl (C=O) groups is 1. The van der Waals surface area contributed by atoms with Crippen LogP contribution in [0.2, 0.25) is 0 Å². The zero-order chi connectivity index (χ0) is 15.0. The highest BCUT2D eigenvalue weighted by Crippen LogP contribution is 2.21. The van der Waals surface area contributed by atoms with Crippen LogP contribution in [0.3, 0.4) is 0 Å². The Kier molecular flexibility index (Phi) is 6.73. The van der Waals surface area contributed by atoms with Crippen LogP contribution in [0, 0.1) is 5.41 Å². The molecule has 0 aliphatic carbocycles. The van der Waals surface area contributed by atoms with E-state index < -0.39 is 0 Å². The smallest absolute Gasteiger partial charge is 0.221 e. The van der Waals surface area contributed by atoms with E-state index in [0.29, 0.717) is 11.8 Å². The third-order valence-electron chi connectivity index (χ3n) is 3.31. The molecule has 0 heterocycles. The van der Waals surface area contributed by atoms with Gasteiger partial charge in [-0.25, -0.2) is 0 Å². The predicted molar refractivity (Wildman–Crippen MR) is 84.3 cm³/mol. The van der Waals surface area contributed by atoms with Gasteiger partial charge in [-0.15, -0.1) is 0 Å². The minimum absolute atomic E-state index is 0.0390. The van der Waals surface area contributed by atoms with E-state index in [1.54, 1.807) is 0 Å². The van der Waals surface area contributed by atoms with Gasteiger partial charge >= 0.3 is 0 Å². The molecule has 0 bridgehead atoms. The van der Waals surface area contributed by atoms with Crippen LogP contribution in [0.15, 0.2) is 30.3 Å². The molecule has 0 radical (unpaired) electrons. The quantitative estimate of drug-likeness (QED) is 0.750. The van der Waals surface area contributed by atoms with Gasteiger partial charge in [0.25, 0.3) is 0 Å². The Morgan fingerprint density at radius 1 is 1.20 bits per heavy atom. The van der Waals surface area contributed by atoms with Crippen molar-refractivity contribution in [3.8, 4) is 0 Å². The number of hydrogen-bond acceptors (Lipinski definition) is 2. The second kappa shape index (κ2) is 8.05. The Labute approximate surface area is 122 Å². The van der Waals surface area contributed by atoms with Crippen molar-refractivity contribution in [1.82, 2.24) is 5.32 Å². The van der Waals surface area contributed by atoms with Crippen molar-refractivity contribution in [3.63, 3.8) is 0 Å². The molecule has 3 heteroatoms. The second-order valence-electron chi connectivity index (χ2n) is 6.59. The standard InChI is InChI=1S/C17H28N2O/c1-17(2,3)11-7-8-12-19-16(20)13-15(18)14-9-5-4-6-10-14/h4-6,9-10,15H,7-8,11-13,18H2,1-3H3,(H,19,20). The topological polar surface area (TPSA) is 55.1 Å². The summed E-state index contributed by atoms with van der Waals surface area (Å²) in [6, 6.07) is 9.54. The van der Waals surface area contributed by atoms with Crippen molar-refractivity contribution in [2.45, 2.75) is 52.5 Å². The van der Waals surface area contributed by atoms with E-state index in [0.717, 1.165) is 24.9 Å². The number of benzene rings is 1. The minimum Gasteiger partial charge on any atom is -0.356 e. The molecule has 0 saturated carbocycles. The van der Waals surface area contributed by atoms with Crippen molar-refractivity contribution in [2.75, 3.05) is 6.54 Å². The molecule has 1 aromatic rings. The number of nitrogens with one attached hydrogen (secondary N) is 1. The highest BCUT2D eigenvalue weighted by molar-refractivity contribution is 5.76. The summed E-state index contributed by atoms with van der Waals surface area (Å²) in [5.74, 6) is 0.0390. The summed E-state index contributed by atoms with van der Waals surface area (Å²) in [5.41, 5.74) is 7.41. The van der Waals surface area contributed by atoms with Crippen LogP contribution in [-0.4, -0.2) is 12.5 Å². The lowest BCUT2D eigenvalue weighted by molar-refractivity contribution is -0.121. The van der Waals surface area contributed by atoms with Crippen LogP contribution < -0.4 is 11.1 Å². The van der Waals surface area contributed by atoms with E-state index in [-0.39, 0.29) is 11.9 Å². The Hall–Kier alpha value is -1.35. The average Bonchev–Trinajstić information content (AvgIpc) is 2.38. The zero-order valence-corrected chi connectivity index (χ0v) is 13.0. The first-order chi connectivity index (χ1) is 9.38. The molecule has 1 rings (SSSR count). The lowest BCUT2D eigenvalue weighted by atomic mass is 9.90. The number of nitrogens with two attached hydrogens (primary N) is 1. The normalized spacial score (nSPS) is 13.0. The molecule has 0 aromatic heterocycles. The molecule has 1 unspecified atom stereocenters. The summed E-state index contributed by atoms with van der Waals surface area (Å²) in [5, 5.41) is 2.95. The van der Waals surface area contributed by atoms with Gasteiger partial charge in [0.05, 0.1) is 0 Å². The van der Waals surface area contributed by atoms with Gasteiger partial charge < -0.3 is 11.1 Å². The molecule has 0 saturated heterocycles. The number of hydrogen-bond donors (Lipinski definition) is 2. The third kappa shape index (κ3) is 7.29. The third-order valence-corrected chi connectivity index (χ3v) is 3.31. The number of unbranched alkanes of at least 4 members (excludes halogenated alkanes) is 1. The Morgan fingerprint density at radius 2 is 1.85 bits per heavy atom. The van der Waals surface area contributed by atoms with Crippen LogP contribution in [0.1, 0.15) is 58.1 Å². The first kappa shape index (κ1) is 16.7. The molecule has 0 fully saturated rings. The van der Waals surface area contributed by atoms with Crippen molar-refractivity contribution in [2.24, 2.45) is 11.1 Å². The fourth-order valence-electron chi connectivity index (χ4n) is 2.10. The molecule has 20 heavy (non-hydrogen) atoms. The molecule has 3 N–H and O–H groups in total. The van der Waals surface area contributed by atoms with E-state index >= 15 is 0 Å². The van der Waals surface area contributed by atoms with E-state index in [2.05, 4.69) is 26.1 Å². The van der Waals surface area contributed by atoms with Gasteiger partial charge in [-0.3, -0.25) is 4.79 Å². The monoisotopic (exact) mass is 276 g/mol. The molecule has 112 valence electrons. The van der Waals surface area contributed by atoms with Crippen molar-refractivity contribution >= 4 is 5.91 Å². The van der Waals surface area contributed by atoms with Gasteiger partial charge in [-0.05, 0) is 23.8 Å². The molecule has 1 amide bonds. The van der Waals surface area contributed by atoms with Gasteiger partial charge in [-0.1, -0.05) is 57.5 Å². The molecule has 0 aliphatic rings. The number of rotatable bonds is 7. The lowest BCUT2D eigenvalue weighted by Crippen LogP contribution is -2.28. The summed E-state index contributed by atoms with van der Waals surface area (Å²) in [7, 11) is 0. The maximum Gasteiger partial charge on any atom is 0.221 e. The van der Waals surface area contributed by atoms with Gasteiger partial charge in [0.2, 0.25) is 5.91 Å². The highest BCUT2D eigenvalue weighted by atomic mass is 16.1. The highest BCUT2D eigenvalue weighted by Gasteiger charge is 2.11. The van der Waals surface area contributed by atoms with Crippen molar-refractivity contribution in [3.05, 3.63) is 35.9 Å².